The molecule has 1 aliphatic carbocycles. The van der Waals surface area contributed by atoms with Crippen molar-refractivity contribution in [1.82, 2.24) is 19.7 Å². The number of halogens is 2. The fourth-order valence-corrected chi connectivity index (χ4v) is 3.63. The molecule has 2 heterocycles. The highest BCUT2D eigenvalue weighted by Crippen LogP contribution is 2.34. The second-order valence-corrected chi connectivity index (χ2v) is 8.32. The number of nitrogens with two attached hydrogens (primary N) is 1. The van der Waals surface area contributed by atoms with Gasteiger partial charge in [0.2, 0.25) is 11.8 Å². The summed E-state index contributed by atoms with van der Waals surface area (Å²) in [7, 11) is 0. The molecular formula is C20H29F2N7O. The zero-order chi connectivity index (χ0) is 22.1. The number of aryl methyl sites for hydroxylation is 2. The Kier molecular flexibility index (Phi) is 6.23. The van der Waals surface area contributed by atoms with E-state index in [9.17, 15) is 13.6 Å². The van der Waals surface area contributed by atoms with Gasteiger partial charge in [-0.25, -0.2) is 13.5 Å². The molecule has 10 heteroatoms. The number of rotatable bonds is 7. The van der Waals surface area contributed by atoms with Gasteiger partial charge >= 0.3 is 0 Å². The minimum Gasteiger partial charge on any atom is -0.368 e. The molecule has 0 aliphatic heterocycles. The van der Waals surface area contributed by atoms with Crippen LogP contribution in [0.4, 0.5) is 20.4 Å². The molecule has 1 atom stereocenters. The van der Waals surface area contributed by atoms with Gasteiger partial charge in [0.15, 0.2) is 0 Å². The number of hydrogen-bond acceptors (Lipinski definition) is 6. The van der Waals surface area contributed by atoms with Gasteiger partial charge in [-0.15, -0.1) is 0 Å². The average molecular weight is 421 g/mol. The molecule has 8 nitrogen and oxygen atoms in total. The van der Waals surface area contributed by atoms with Crippen LogP contribution in [0, 0.1) is 19.8 Å². The molecule has 4 N–H and O–H groups in total. The molecule has 0 saturated heterocycles. The van der Waals surface area contributed by atoms with Gasteiger partial charge in [-0.2, -0.15) is 15.1 Å². The first kappa shape index (κ1) is 21.9. The number of alkyl halides is 2. The van der Waals surface area contributed by atoms with Crippen molar-refractivity contribution >= 4 is 17.5 Å². The van der Waals surface area contributed by atoms with Gasteiger partial charge in [0, 0.05) is 30.6 Å². The van der Waals surface area contributed by atoms with E-state index >= 15 is 0 Å². The van der Waals surface area contributed by atoms with Gasteiger partial charge in [0.1, 0.15) is 17.7 Å². The first-order valence-corrected chi connectivity index (χ1v) is 10.2. The zero-order valence-electron chi connectivity index (χ0n) is 17.7. The molecule has 0 radical (unpaired) electrons. The van der Waals surface area contributed by atoms with Gasteiger partial charge in [-0.3, -0.25) is 4.79 Å². The lowest BCUT2D eigenvalue weighted by atomic mass is 9.92. The molecule has 0 unspecified atom stereocenters. The first-order valence-electron chi connectivity index (χ1n) is 10.2. The molecular weight excluding hydrogens is 392 g/mol. The second-order valence-electron chi connectivity index (χ2n) is 8.32. The minimum atomic E-state index is -2.60. The summed E-state index contributed by atoms with van der Waals surface area (Å²) in [6.07, 6.45) is 0.403. The maximum atomic E-state index is 13.5. The Labute approximate surface area is 174 Å². The number of aromatic nitrogens is 4. The normalized spacial score (nSPS) is 17.7. The predicted octanol–water partition coefficient (Wildman–Crippen LogP) is 3.19. The average Bonchev–Trinajstić information content (AvgIpc) is 2.99. The van der Waals surface area contributed by atoms with E-state index in [-0.39, 0.29) is 24.8 Å². The number of anilines is 2. The van der Waals surface area contributed by atoms with Gasteiger partial charge in [0.05, 0.1) is 5.69 Å². The fraction of sp³-hybridized carbons (Fsp3) is 0.600. The predicted molar refractivity (Wildman–Crippen MR) is 111 cm³/mol. The Hall–Kier alpha value is -2.78. The van der Waals surface area contributed by atoms with Crippen LogP contribution in [0.1, 0.15) is 50.9 Å². The monoisotopic (exact) mass is 421 g/mol. The molecule has 1 fully saturated rings. The van der Waals surface area contributed by atoms with Crippen molar-refractivity contribution in [2.24, 2.45) is 11.7 Å². The molecule has 3 rings (SSSR count). The van der Waals surface area contributed by atoms with Crippen LogP contribution < -0.4 is 16.4 Å². The van der Waals surface area contributed by atoms with Gasteiger partial charge < -0.3 is 16.4 Å². The van der Waals surface area contributed by atoms with Crippen LogP contribution in [-0.4, -0.2) is 43.7 Å². The Bertz CT molecular complexity index is 903. The summed E-state index contributed by atoms with van der Waals surface area (Å²) in [5.41, 5.74) is 7.19. The number of hydrogen-bond donors (Lipinski definition) is 3. The smallest absolute Gasteiger partial charge is 0.254 e. The van der Waals surface area contributed by atoms with Crippen molar-refractivity contribution in [2.45, 2.75) is 71.4 Å². The number of primary amides is 1. The largest absolute Gasteiger partial charge is 0.368 e. The summed E-state index contributed by atoms with van der Waals surface area (Å²) in [6, 6.07) is 2.84. The Morgan fingerprint density at radius 2 is 1.83 bits per heavy atom. The molecule has 1 amide bonds. The highest BCUT2D eigenvalue weighted by atomic mass is 19.3. The molecule has 1 saturated carbocycles. The third-order valence-electron chi connectivity index (χ3n) is 5.26. The summed E-state index contributed by atoms with van der Waals surface area (Å²) in [4.78, 5) is 20.9. The SMILES string of the molecule is Cc1cc(C)n(-c2nc(NC3CCC(F)(F)CC3)cc(N[C@@H](C(N)=O)C(C)C)n2)n1. The summed E-state index contributed by atoms with van der Waals surface area (Å²) in [5.74, 6) is -1.92. The lowest BCUT2D eigenvalue weighted by Crippen LogP contribution is -2.40. The van der Waals surface area contributed by atoms with E-state index in [0.29, 0.717) is 30.4 Å². The number of nitrogens with one attached hydrogen (secondary N) is 2. The van der Waals surface area contributed by atoms with Gasteiger partial charge in [0.25, 0.3) is 5.95 Å². The topological polar surface area (TPSA) is 111 Å². The van der Waals surface area contributed by atoms with E-state index in [1.807, 2.05) is 33.8 Å². The lowest BCUT2D eigenvalue weighted by molar-refractivity contribution is -0.119. The second kappa shape index (κ2) is 8.53. The Balaban J connectivity index is 1.92. The van der Waals surface area contributed by atoms with Gasteiger partial charge in [-0.1, -0.05) is 13.8 Å². The van der Waals surface area contributed by atoms with Crippen molar-refractivity contribution in [3.05, 3.63) is 23.5 Å². The van der Waals surface area contributed by atoms with E-state index in [2.05, 4.69) is 25.7 Å². The Morgan fingerprint density at radius 3 is 2.37 bits per heavy atom. The third-order valence-corrected chi connectivity index (χ3v) is 5.26. The molecule has 2 aromatic rings. The fourth-order valence-electron chi connectivity index (χ4n) is 3.63. The van der Waals surface area contributed by atoms with Crippen LogP contribution in [0.25, 0.3) is 5.95 Å². The molecule has 2 aromatic heterocycles. The van der Waals surface area contributed by atoms with Crippen molar-refractivity contribution in [3.8, 4) is 5.95 Å². The molecule has 164 valence electrons. The van der Waals surface area contributed by atoms with E-state index in [4.69, 9.17) is 5.73 Å². The summed E-state index contributed by atoms with van der Waals surface area (Å²) < 4.78 is 28.6. The van der Waals surface area contributed by atoms with Crippen molar-refractivity contribution < 1.29 is 13.6 Å². The minimum absolute atomic E-state index is 0.0495. The number of carbonyl (C=O) groups is 1. The van der Waals surface area contributed by atoms with E-state index < -0.39 is 17.9 Å². The lowest BCUT2D eigenvalue weighted by Gasteiger charge is -2.29. The molecule has 0 bridgehead atoms. The van der Waals surface area contributed by atoms with Crippen LogP contribution in [0.5, 0.6) is 0 Å². The van der Waals surface area contributed by atoms with Crippen LogP contribution in [0.2, 0.25) is 0 Å². The number of amides is 1. The van der Waals surface area contributed by atoms with E-state index in [0.717, 1.165) is 11.4 Å². The molecule has 1 aliphatic rings. The molecule has 0 aromatic carbocycles. The van der Waals surface area contributed by atoms with Crippen LogP contribution in [-0.2, 0) is 4.79 Å². The molecule has 30 heavy (non-hydrogen) atoms. The van der Waals surface area contributed by atoms with Crippen LogP contribution in [0.3, 0.4) is 0 Å². The van der Waals surface area contributed by atoms with Crippen LogP contribution >= 0.6 is 0 Å². The van der Waals surface area contributed by atoms with E-state index in [1.54, 1.807) is 10.7 Å². The third kappa shape index (κ3) is 5.22. The Morgan fingerprint density at radius 1 is 1.20 bits per heavy atom. The summed E-state index contributed by atoms with van der Waals surface area (Å²) >= 11 is 0. The van der Waals surface area contributed by atoms with Gasteiger partial charge in [-0.05, 0) is 38.7 Å². The quantitative estimate of drug-likeness (QED) is 0.633. The first-order chi connectivity index (χ1) is 14.0. The van der Waals surface area contributed by atoms with Crippen molar-refractivity contribution in [2.75, 3.05) is 10.6 Å². The highest BCUT2D eigenvalue weighted by Gasteiger charge is 2.35. The van der Waals surface area contributed by atoms with E-state index in [1.165, 1.54) is 0 Å². The van der Waals surface area contributed by atoms with Crippen molar-refractivity contribution in [3.63, 3.8) is 0 Å². The maximum Gasteiger partial charge on any atom is 0.254 e. The number of carbonyl (C=O) groups excluding carboxylic acids is 1. The summed E-state index contributed by atoms with van der Waals surface area (Å²) in [6.45, 7) is 7.52. The van der Waals surface area contributed by atoms with Crippen molar-refractivity contribution in [1.29, 1.82) is 0 Å². The maximum absolute atomic E-state index is 13.5. The highest BCUT2D eigenvalue weighted by molar-refractivity contribution is 5.83. The summed E-state index contributed by atoms with van der Waals surface area (Å²) in [5, 5.41) is 10.7. The molecule has 0 spiro atoms. The number of nitrogens with zero attached hydrogens (tertiary/aromatic N) is 4. The standard InChI is InChI=1S/C20H29F2N7O/c1-11(2)17(18(23)30)25-16-10-15(24-14-5-7-20(21,22)8-6-14)26-19(27-16)29-13(4)9-12(3)28-29/h9-11,14,17H,5-8H2,1-4H3,(H2,23,30)(H2,24,25,26,27)/t17-/m1/s1. The zero-order valence-corrected chi connectivity index (χ0v) is 17.7. The van der Waals surface area contributed by atoms with Crippen LogP contribution in [0.15, 0.2) is 12.1 Å².